The Bertz CT molecular complexity index is 1770. The largest absolute Gasteiger partial charge is 0.384 e. The maximum absolute atomic E-state index is 15.9. The summed E-state index contributed by atoms with van der Waals surface area (Å²) in [7, 11) is 3.97. The van der Waals surface area contributed by atoms with Gasteiger partial charge < -0.3 is 15.2 Å². The van der Waals surface area contributed by atoms with Crippen LogP contribution in [0.15, 0.2) is 67.5 Å². The smallest absolute Gasteiger partial charge is 0.159 e. The molecule has 0 atom stereocenters. The van der Waals surface area contributed by atoms with Gasteiger partial charge in [0.15, 0.2) is 5.82 Å². The van der Waals surface area contributed by atoms with Crippen molar-refractivity contribution in [3.05, 3.63) is 89.5 Å². The number of hydrogen-bond acceptors (Lipinski definition) is 5. The van der Waals surface area contributed by atoms with Crippen molar-refractivity contribution in [2.75, 3.05) is 32.5 Å². The first-order chi connectivity index (χ1) is 18.9. The molecule has 0 amide bonds. The van der Waals surface area contributed by atoms with Crippen LogP contribution < -0.4 is 15.9 Å². The molecule has 9 heteroatoms. The molecule has 0 radical (unpaired) electrons. The number of anilines is 1. The van der Waals surface area contributed by atoms with Gasteiger partial charge in [0, 0.05) is 47.9 Å². The average molecular weight is 526 g/mol. The van der Waals surface area contributed by atoms with Gasteiger partial charge in [-0.1, -0.05) is 30.9 Å². The van der Waals surface area contributed by atoms with Gasteiger partial charge in [-0.05, 0) is 56.9 Å². The Kier molecular flexibility index (Phi) is 7.33. The number of aromatic nitrogens is 5. The Morgan fingerprint density at radius 3 is 2.74 bits per heavy atom. The Labute approximate surface area is 224 Å². The van der Waals surface area contributed by atoms with Gasteiger partial charge in [0.05, 0.1) is 21.6 Å². The number of nitrogens with one attached hydrogen (secondary N) is 3. The predicted octanol–water partition coefficient (Wildman–Crippen LogP) is 4.72. The van der Waals surface area contributed by atoms with E-state index >= 15 is 4.39 Å². The van der Waals surface area contributed by atoms with E-state index in [1.54, 1.807) is 37.5 Å². The fraction of sp³-hybridized carbons (Fsp3) is 0.167. The number of H-pyrrole nitrogens is 2. The monoisotopic (exact) mass is 525 g/mol. The van der Waals surface area contributed by atoms with Crippen molar-refractivity contribution in [1.29, 1.82) is 0 Å². The number of benzene rings is 2. The molecule has 0 bridgehead atoms. The lowest BCUT2D eigenvalue weighted by molar-refractivity contribution is 0.425. The first-order valence-electron chi connectivity index (χ1n) is 12.5. The molecule has 5 aromatic rings. The molecule has 39 heavy (non-hydrogen) atoms. The number of aromatic amines is 2. The number of hydrogen-bond donors (Lipinski definition) is 3. The molecule has 7 nitrogen and oxygen atoms in total. The highest BCUT2D eigenvalue weighted by Crippen LogP contribution is 2.31. The van der Waals surface area contributed by atoms with Gasteiger partial charge in [-0.3, -0.25) is 10.1 Å². The molecule has 0 aliphatic heterocycles. The normalized spacial score (nSPS) is 12.8. The molecule has 3 heterocycles. The highest BCUT2D eigenvalue weighted by atomic mass is 19.1. The van der Waals surface area contributed by atoms with E-state index < -0.39 is 5.83 Å². The van der Waals surface area contributed by atoms with Crippen LogP contribution in [-0.2, 0) is 0 Å². The third-order valence-electron chi connectivity index (χ3n) is 6.41. The minimum Gasteiger partial charge on any atom is -0.384 e. The fourth-order valence-corrected chi connectivity index (χ4v) is 4.43. The van der Waals surface area contributed by atoms with E-state index in [0.29, 0.717) is 45.7 Å². The van der Waals surface area contributed by atoms with Crippen molar-refractivity contribution in [2.45, 2.75) is 6.92 Å². The summed E-state index contributed by atoms with van der Waals surface area (Å²) in [6.07, 6.45) is 4.93. The number of allylic oxidation sites excluding steroid dienone is 1. The zero-order valence-corrected chi connectivity index (χ0v) is 22.0. The minimum absolute atomic E-state index is 0.194. The van der Waals surface area contributed by atoms with Gasteiger partial charge in [0.25, 0.3) is 0 Å². The molecular weight excluding hydrogens is 496 g/mol. The van der Waals surface area contributed by atoms with E-state index in [4.69, 9.17) is 4.98 Å². The van der Waals surface area contributed by atoms with Crippen molar-refractivity contribution in [3.8, 4) is 22.6 Å². The minimum atomic E-state index is -0.529. The average Bonchev–Trinajstić information content (AvgIpc) is 3.56. The molecule has 0 fully saturated rings. The molecule has 3 N–H and O–H groups in total. The topological polar surface area (TPSA) is 85.5 Å². The summed E-state index contributed by atoms with van der Waals surface area (Å²) in [6, 6.07) is 14.0. The summed E-state index contributed by atoms with van der Waals surface area (Å²) in [5, 5.41) is 11.3. The lowest BCUT2D eigenvalue weighted by Crippen LogP contribution is -2.26. The Morgan fingerprint density at radius 2 is 2.00 bits per heavy atom. The molecule has 0 saturated heterocycles. The number of halogens is 2. The van der Waals surface area contributed by atoms with Gasteiger partial charge >= 0.3 is 0 Å². The molecule has 0 spiro atoms. The summed E-state index contributed by atoms with van der Waals surface area (Å²) < 4.78 is 30.5. The van der Waals surface area contributed by atoms with Crippen LogP contribution >= 0.6 is 0 Å². The third kappa shape index (κ3) is 5.35. The standard InChI is InChI=1S/C30H29F2N7/c1-5-24-26(27(32)18(2)19-8-7-11-33-17-19)29(38-37-24)30-35-25-10-6-9-23(28(25)36-30)20-14-21(31)16-22(15-20)34-12-13-39(3)4/h5-11,14-17,34,37H,2,12-13H2,1,3-4H3,(H,35,36)/b24-5+,27-26-. The van der Waals surface area contributed by atoms with Gasteiger partial charge in [-0.2, -0.15) is 5.10 Å². The molecule has 0 saturated carbocycles. The Balaban J connectivity index is 1.61. The second kappa shape index (κ2) is 11.0. The molecule has 0 aliphatic rings. The zero-order valence-electron chi connectivity index (χ0n) is 22.0. The van der Waals surface area contributed by atoms with Gasteiger partial charge in [0.1, 0.15) is 17.3 Å². The number of likely N-dealkylation sites (N-methyl/N-ethyl adjacent to an activating group) is 1. The third-order valence-corrected chi connectivity index (χ3v) is 6.41. The maximum Gasteiger partial charge on any atom is 0.159 e. The van der Waals surface area contributed by atoms with E-state index in [9.17, 15) is 4.39 Å². The van der Waals surface area contributed by atoms with Crippen molar-refractivity contribution in [1.82, 2.24) is 30.0 Å². The summed E-state index contributed by atoms with van der Waals surface area (Å²) in [4.78, 5) is 14.2. The molecule has 2 aromatic carbocycles. The van der Waals surface area contributed by atoms with Gasteiger partial charge in [-0.15, -0.1) is 0 Å². The van der Waals surface area contributed by atoms with Crippen LogP contribution in [0, 0.1) is 5.82 Å². The van der Waals surface area contributed by atoms with Crippen molar-refractivity contribution in [2.24, 2.45) is 0 Å². The van der Waals surface area contributed by atoms with Crippen LogP contribution in [0.5, 0.6) is 0 Å². The number of rotatable bonds is 8. The molecule has 5 rings (SSSR count). The Hall–Kier alpha value is -4.63. The van der Waals surface area contributed by atoms with Crippen LogP contribution in [0.2, 0.25) is 0 Å². The number of para-hydroxylation sites is 1. The molecule has 0 aliphatic carbocycles. The van der Waals surface area contributed by atoms with E-state index in [0.717, 1.165) is 17.6 Å². The number of imidazole rings is 1. The van der Waals surface area contributed by atoms with Crippen LogP contribution in [0.4, 0.5) is 14.5 Å². The lowest BCUT2D eigenvalue weighted by atomic mass is 10.0. The highest BCUT2D eigenvalue weighted by molar-refractivity contribution is 5.96. The summed E-state index contributed by atoms with van der Waals surface area (Å²) in [5.41, 5.74) is 4.53. The molecule has 0 unspecified atom stereocenters. The van der Waals surface area contributed by atoms with Crippen LogP contribution in [-0.4, -0.2) is 57.2 Å². The summed E-state index contributed by atoms with van der Waals surface area (Å²) in [5.74, 6) is -0.498. The fourth-order valence-electron chi connectivity index (χ4n) is 4.43. The highest BCUT2D eigenvalue weighted by Gasteiger charge is 2.18. The summed E-state index contributed by atoms with van der Waals surface area (Å²) in [6.45, 7) is 7.24. The maximum atomic E-state index is 15.9. The quantitative estimate of drug-likeness (QED) is 0.273. The van der Waals surface area contributed by atoms with Gasteiger partial charge in [0.2, 0.25) is 0 Å². The van der Waals surface area contributed by atoms with Crippen molar-refractivity contribution in [3.63, 3.8) is 0 Å². The molecular formula is C30H29F2N7. The SMILES string of the molecule is C=C(/C(F)=c1/c(-c2nc3c(-c4cc(F)cc(NCCN(C)C)c4)cccc3[nH]2)n[nH]/c1=C/C)c1cccnc1. The van der Waals surface area contributed by atoms with Gasteiger partial charge in [-0.25, -0.2) is 13.8 Å². The van der Waals surface area contributed by atoms with Crippen LogP contribution in [0.25, 0.3) is 51.2 Å². The summed E-state index contributed by atoms with van der Waals surface area (Å²) >= 11 is 0. The molecule has 3 aromatic heterocycles. The van der Waals surface area contributed by atoms with E-state index in [1.165, 1.54) is 12.1 Å². The van der Waals surface area contributed by atoms with Crippen LogP contribution in [0.1, 0.15) is 12.5 Å². The lowest BCUT2D eigenvalue weighted by Gasteiger charge is -2.13. The second-order valence-electron chi connectivity index (χ2n) is 9.43. The number of nitrogens with zero attached hydrogens (tertiary/aromatic N) is 4. The number of pyridine rings is 1. The van der Waals surface area contributed by atoms with Crippen molar-refractivity contribution < 1.29 is 8.78 Å². The second-order valence-corrected chi connectivity index (χ2v) is 9.43. The van der Waals surface area contributed by atoms with E-state index in [2.05, 4.69) is 37.0 Å². The predicted molar refractivity (Wildman–Crippen MR) is 153 cm³/mol. The first kappa shape index (κ1) is 26.0. The van der Waals surface area contributed by atoms with Crippen LogP contribution in [0.3, 0.4) is 0 Å². The molecule has 198 valence electrons. The first-order valence-corrected chi connectivity index (χ1v) is 12.5. The van der Waals surface area contributed by atoms with E-state index in [-0.39, 0.29) is 16.6 Å². The van der Waals surface area contributed by atoms with Crippen molar-refractivity contribution >= 4 is 34.2 Å². The Morgan fingerprint density at radius 1 is 1.15 bits per heavy atom. The zero-order chi connectivity index (χ0) is 27.5. The van der Waals surface area contributed by atoms with E-state index in [1.807, 2.05) is 38.4 Å². The number of fused-ring (bicyclic) bond motifs is 1.